The lowest BCUT2D eigenvalue weighted by Gasteiger charge is -2.18. The van der Waals surface area contributed by atoms with Crippen molar-refractivity contribution < 1.29 is 28.6 Å². The molecule has 0 N–H and O–H groups in total. The Hall–Kier alpha value is -1.59. The third kappa shape index (κ3) is 55.2. The van der Waals surface area contributed by atoms with Crippen molar-refractivity contribution in [2.75, 3.05) is 13.2 Å². The van der Waals surface area contributed by atoms with E-state index in [9.17, 15) is 14.4 Å². The SMILES string of the molecule is CCCCCCCCCCCCCCCCCCCC(=O)O[C@H](COC(=O)CCCCCCCCCCCCCCCCCCCCC(C)C)COC(=O)CCCCCCCCCCC(C)C. The predicted molar refractivity (Wildman–Crippen MR) is 289 cm³/mol. The Kier molecular flexibility index (Phi) is 52.5. The topological polar surface area (TPSA) is 78.9 Å². The molecule has 0 saturated carbocycles. The number of unbranched alkanes of at least 4 members (excludes halogenated alkanes) is 40. The molecule has 398 valence electrons. The molecule has 1 atom stereocenters. The second-order valence-corrected chi connectivity index (χ2v) is 21.9. The highest BCUT2D eigenvalue weighted by atomic mass is 16.6. The van der Waals surface area contributed by atoms with E-state index in [0.717, 1.165) is 69.6 Å². The summed E-state index contributed by atoms with van der Waals surface area (Å²) in [6.45, 7) is 11.4. The quantitative estimate of drug-likeness (QED) is 0.0343. The summed E-state index contributed by atoms with van der Waals surface area (Å²) in [6.07, 6.45) is 58.2. The maximum atomic E-state index is 12.9. The van der Waals surface area contributed by atoms with Gasteiger partial charge in [0.25, 0.3) is 0 Å². The van der Waals surface area contributed by atoms with Crippen molar-refractivity contribution in [2.24, 2.45) is 11.8 Å². The second-order valence-electron chi connectivity index (χ2n) is 21.9. The first kappa shape index (κ1) is 65.4. The molecule has 0 saturated heterocycles. The fourth-order valence-corrected chi connectivity index (χ4v) is 9.40. The van der Waals surface area contributed by atoms with Gasteiger partial charge in [-0.2, -0.15) is 0 Å². The van der Waals surface area contributed by atoms with Gasteiger partial charge in [-0.25, -0.2) is 0 Å². The number of hydrogen-bond donors (Lipinski definition) is 0. The molecular formula is C61H118O6. The van der Waals surface area contributed by atoms with Gasteiger partial charge in [-0.3, -0.25) is 14.4 Å². The molecule has 0 aromatic rings. The van der Waals surface area contributed by atoms with Crippen molar-refractivity contribution in [1.29, 1.82) is 0 Å². The predicted octanol–water partition coefficient (Wildman–Crippen LogP) is 20.0. The Morgan fingerprint density at radius 1 is 0.284 bits per heavy atom. The Balaban J connectivity index is 4.22. The first-order valence-electron chi connectivity index (χ1n) is 30.2. The normalized spacial score (nSPS) is 12.0. The molecule has 0 heterocycles. The number of carbonyl (C=O) groups excluding carboxylic acids is 3. The van der Waals surface area contributed by atoms with Crippen LogP contribution in [-0.4, -0.2) is 37.2 Å². The van der Waals surface area contributed by atoms with E-state index in [2.05, 4.69) is 34.6 Å². The molecule has 0 unspecified atom stereocenters. The highest BCUT2D eigenvalue weighted by molar-refractivity contribution is 5.71. The lowest BCUT2D eigenvalue weighted by molar-refractivity contribution is -0.167. The van der Waals surface area contributed by atoms with E-state index in [-0.39, 0.29) is 31.1 Å². The molecule has 0 fully saturated rings. The molecule has 0 aromatic carbocycles. The van der Waals surface area contributed by atoms with Gasteiger partial charge in [0, 0.05) is 19.3 Å². The summed E-state index contributed by atoms with van der Waals surface area (Å²) >= 11 is 0. The fourth-order valence-electron chi connectivity index (χ4n) is 9.40. The molecule has 0 rings (SSSR count). The second kappa shape index (κ2) is 53.8. The average Bonchev–Trinajstić information content (AvgIpc) is 3.30. The summed E-state index contributed by atoms with van der Waals surface area (Å²) in [7, 11) is 0. The van der Waals surface area contributed by atoms with E-state index in [1.54, 1.807) is 0 Å². The standard InChI is InChI=1S/C61H118O6/c1-6-7-8-9-10-11-12-13-14-17-22-25-28-31-38-43-48-53-61(64)67-58(55-66-60(63)52-47-42-37-33-32-35-40-45-50-57(4)5)54-65-59(62)51-46-41-36-30-27-24-21-19-16-15-18-20-23-26-29-34-39-44-49-56(2)3/h56-58H,6-55H2,1-5H3/t58-/m1/s1. The van der Waals surface area contributed by atoms with E-state index in [1.165, 1.54) is 231 Å². The Bertz CT molecular complexity index is 1020. The Morgan fingerprint density at radius 3 is 0.731 bits per heavy atom. The van der Waals surface area contributed by atoms with Crippen LogP contribution in [0.4, 0.5) is 0 Å². The minimum Gasteiger partial charge on any atom is -0.462 e. The van der Waals surface area contributed by atoms with E-state index in [0.29, 0.717) is 19.3 Å². The van der Waals surface area contributed by atoms with Gasteiger partial charge in [0.05, 0.1) is 0 Å². The van der Waals surface area contributed by atoms with Gasteiger partial charge < -0.3 is 14.2 Å². The Morgan fingerprint density at radius 2 is 0.493 bits per heavy atom. The van der Waals surface area contributed by atoms with Crippen LogP contribution in [0.3, 0.4) is 0 Å². The van der Waals surface area contributed by atoms with Crippen LogP contribution < -0.4 is 0 Å². The third-order valence-corrected chi connectivity index (χ3v) is 14.0. The van der Waals surface area contributed by atoms with Crippen molar-refractivity contribution >= 4 is 17.9 Å². The van der Waals surface area contributed by atoms with Crippen LogP contribution in [0.1, 0.15) is 343 Å². The summed E-state index contributed by atoms with van der Waals surface area (Å²) in [6, 6.07) is 0. The van der Waals surface area contributed by atoms with Crippen molar-refractivity contribution in [1.82, 2.24) is 0 Å². The first-order valence-corrected chi connectivity index (χ1v) is 30.2. The van der Waals surface area contributed by atoms with Crippen LogP contribution >= 0.6 is 0 Å². The van der Waals surface area contributed by atoms with E-state index in [4.69, 9.17) is 14.2 Å². The third-order valence-electron chi connectivity index (χ3n) is 14.0. The van der Waals surface area contributed by atoms with Gasteiger partial charge in [0.15, 0.2) is 6.10 Å². The van der Waals surface area contributed by atoms with Crippen LogP contribution in [0.5, 0.6) is 0 Å². The molecule has 0 aliphatic heterocycles. The van der Waals surface area contributed by atoms with E-state index < -0.39 is 6.10 Å². The zero-order valence-electron chi connectivity index (χ0n) is 46.0. The Labute approximate surface area is 418 Å². The van der Waals surface area contributed by atoms with Crippen LogP contribution in [0.2, 0.25) is 0 Å². The minimum absolute atomic E-state index is 0.0628. The summed E-state index contributed by atoms with van der Waals surface area (Å²) in [4.78, 5) is 38.2. The average molecular weight is 948 g/mol. The highest BCUT2D eigenvalue weighted by Crippen LogP contribution is 2.18. The van der Waals surface area contributed by atoms with Gasteiger partial charge in [0.1, 0.15) is 13.2 Å². The van der Waals surface area contributed by atoms with Gasteiger partial charge in [-0.15, -0.1) is 0 Å². The zero-order valence-corrected chi connectivity index (χ0v) is 46.0. The van der Waals surface area contributed by atoms with Gasteiger partial charge in [0.2, 0.25) is 0 Å². The van der Waals surface area contributed by atoms with Crippen molar-refractivity contribution in [2.45, 2.75) is 349 Å². The monoisotopic (exact) mass is 947 g/mol. The lowest BCUT2D eigenvalue weighted by Crippen LogP contribution is -2.30. The molecule has 0 radical (unpaired) electrons. The molecule has 0 bridgehead atoms. The molecule has 0 aliphatic rings. The van der Waals surface area contributed by atoms with Crippen molar-refractivity contribution in [3.05, 3.63) is 0 Å². The molecule has 0 spiro atoms. The van der Waals surface area contributed by atoms with E-state index >= 15 is 0 Å². The van der Waals surface area contributed by atoms with Crippen LogP contribution in [0, 0.1) is 11.8 Å². The van der Waals surface area contributed by atoms with Crippen molar-refractivity contribution in [3.63, 3.8) is 0 Å². The molecule has 6 nitrogen and oxygen atoms in total. The maximum absolute atomic E-state index is 12.9. The van der Waals surface area contributed by atoms with Crippen LogP contribution in [0.25, 0.3) is 0 Å². The van der Waals surface area contributed by atoms with Gasteiger partial charge in [-0.1, -0.05) is 304 Å². The first-order chi connectivity index (χ1) is 32.7. The molecule has 0 aromatic heterocycles. The summed E-state index contributed by atoms with van der Waals surface area (Å²) in [5.41, 5.74) is 0. The molecule has 6 heteroatoms. The number of rotatable bonds is 55. The molecular weight excluding hydrogens is 829 g/mol. The summed E-state index contributed by atoms with van der Waals surface area (Å²) in [5.74, 6) is 0.817. The number of carbonyl (C=O) groups is 3. The van der Waals surface area contributed by atoms with E-state index in [1.807, 2.05) is 0 Å². The molecule has 0 amide bonds. The molecule has 67 heavy (non-hydrogen) atoms. The maximum Gasteiger partial charge on any atom is 0.306 e. The molecule has 0 aliphatic carbocycles. The van der Waals surface area contributed by atoms with Gasteiger partial charge >= 0.3 is 17.9 Å². The summed E-state index contributed by atoms with van der Waals surface area (Å²) in [5, 5.41) is 0. The van der Waals surface area contributed by atoms with Crippen molar-refractivity contribution in [3.8, 4) is 0 Å². The zero-order chi connectivity index (χ0) is 48.9. The largest absolute Gasteiger partial charge is 0.462 e. The number of ether oxygens (including phenoxy) is 3. The fraction of sp³-hybridized carbons (Fsp3) is 0.951. The highest BCUT2D eigenvalue weighted by Gasteiger charge is 2.19. The summed E-state index contributed by atoms with van der Waals surface area (Å²) < 4.78 is 16.9. The lowest BCUT2D eigenvalue weighted by atomic mass is 10.0. The number of esters is 3. The minimum atomic E-state index is -0.763. The van der Waals surface area contributed by atoms with Crippen LogP contribution in [-0.2, 0) is 28.6 Å². The van der Waals surface area contributed by atoms with Gasteiger partial charge in [-0.05, 0) is 31.1 Å². The number of hydrogen-bond acceptors (Lipinski definition) is 6. The smallest absolute Gasteiger partial charge is 0.306 e. The van der Waals surface area contributed by atoms with Crippen LogP contribution in [0.15, 0.2) is 0 Å².